The van der Waals surface area contributed by atoms with Crippen molar-refractivity contribution in [1.29, 1.82) is 0 Å². The quantitative estimate of drug-likeness (QED) is 0.909. The number of carboxylic acid groups (broad SMARTS) is 1. The number of nitrogens with zero attached hydrogens (tertiary/aromatic N) is 1. The number of hydrogen-bond donors (Lipinski definition) is 1. The summed E-state index contributed by atoms with van der Waals surface area (Å²) in [4.78, 5) is 27.0. The number of hydrogen-bond acceptors (Lipinski definition) is 3. The zero-order valence-electron chi connectivity index (χ0n) is 12.6. The average molecular weight is 309 g/mol. The third-order valence-electron chi connectivity index (χ3n) is 4.49. The van der Waals surface area contributed by atoms with Gasteiger partial charge in [0, 0.05) is 24.4 Å². The number of carboxylic acids is 1. The maximum Gasteiger partial charge on any atom is 0.307 e. The molecule has 0 saturated heterocycles. The average Bonchev–Trinajstić information content (AvgIpc) is 2.98. The predicted molar refractivity (Wildman–Crippen MR) is 83.3 cm³/mol. The second-order valence-electron chi connectivity index (χ2n) is 5.92. The van der Waals surface area contributed by atoms with Crippen LogP contribution in [-0.2, 0) is 16.0 Å². The van der Waals surface area contributed by atoms with Gasteiger partial charge in [0.25, 0.3) is 0 Å². The molecule has 1 fully saturated rings. The Bertz CT molecular complexity index is 486. The van der Waals surface area contributed by atoms with Crippen molar-refractivity contribution < 1.29 is 14.7 Å². The summed E-state index contributed by atoms with van der Waals surface area (Å²) in [6.45, 7) is 2.02. The number of carbonyl (C=O) groups excluding carboxylic acids is 1. The number of carbonyl (C=O) groups is 2. The Morgan fingerprint density at radius 3 is 2.62 bits per heavy atom. The van der Waals surface area contributed by atoms with Crippen LogP contribution in [0.2, 0.25) is 0 Å². The molecule has 1 aliphatic rings. The highest BCUT2D eigenvalue weighted by molar-refractivity contribution is 7.09. The molecule has 0 aliphatic heterocycles. The van der Waals surface area contributed by atoms with Crippen molar-refractivity contribution in [3.63, 3.8) is 0 Å². The molecule has 21 heavy (non-hydrogen) atoms. The van der Waals surface area contributed by atoms with Gasteiger partial charge in [-0.25, -0.2) is 0 Å². The number of likely N-dealkylation sites (N-methyl/N-ethyl adjacent to an activating group) is 1. The van der Waals surface area contributed by atoms with Gasteiger partial charge < -0.3 is 10.0 Å². The lowest BCUT2D eigenvalue weighted by Gasteiger charge is -2.33. The Morgan fingerprint density at radius 1 is 1.38 bits per heavy atom. The smallest absolute Gasteiger partial charge is 0.307 e. The molecule has 0 aromatic carbocycles. The Morgan fingerprint density at radius 2 is 2.05 bits per heavy atom. The topological polar surface area (TPSA) is 57.6 Å². The minimum atomic E-state index is -0.827. The lowest BCUT2D eigenvalue weighted by molar-refractivity contribution is -0.152. The maximum atomic E-state index is 12.6. The highest BCUT2D eigenvalue weighted by Crippen LogP contribution is 2.32. The third-order valence-corrected chi connectivity index (χ3v) is 5.38. The zero-order chi connectivity index (χ0) is 15.4. The molecule has 5 heteroatoms. The third kappa shape index (κ3) is 3.84. The molecule has 1 amide bonds. The summed E-state index contributed by atoms with van der Waals surface area (Å²) < 4.78 is 0. The molecular weight excluding hydrogens is 286 g/mol. The fourth-order valence-electron chi connectivity index (χ4n) is 3.06. The second-order valence-corrected chi connectivity index (χ2v) is 6.95. The largest absolute Gasteiger partial charge is 0.481 e. The van der Waals surface area contributed by atoms with Crippen LogP contribution in [-0.4, -0.2) is 35.0 Å². The summed E-state index contributed by atoms with van der Waals surface area (Å²) in [7, 11) is 1.80. The van der Waals surface area contributed by atoms with Crippen LogP contribution in [0.1, 0.15) is 37.5 Å². The van der Waals surface area contributed by atoms with E-state index in [1.165, 1.54) is 4.88 Å². The highest BCUT2D eigenvalue weighted by Gasteiger charge is 2.37. The molecule has 2 rings (SSSR count). The zero-order valence-corrected chi connectivity index (χ0v) is 13.4. The van der Waals surface area contributed by atoms with E-state index >= 15 is 0 Å². The van der Waals surface area contributed by atoms with Crippen molar-refractivity contribution in [2.45, 2.75) is 45.1 Å². The monoisotopic (exact) mass is 309 g/mol. The van der Waals surface area contributed by atoms with Gasteiger partial charge in [0.15, 0.2) is 0 Å². The molecule has 1 heterocycles. The maximum absolute atomic E-state index is 12.6. The van der Waals surface area contributed by atoms with E-state index in [9.17, 15) is 14.7 Å². The van der Waals surface area contributed by atoms with E-state index in [1.807, 2.05) is 18.4 Å². The van der Waals surface area contributed by atoms with Crippen LogP contribution in [0.4, 0.5) is 0 Å². The van der Waals surface area contributed by atoms with E-state index in [-0.39, 0.29) is 17.9 Å². The number of thiophene rings is 1. The number of aliphatic carboxylic acids is 1. The normalized spacial score (nSPS) is 23.5. The first kappa shape index (κ1) is 16.0. The fourth-order valence-corrected chi connectivity index (χ4v) is 3.88. The minimum Gasteiger partial charge on any atom is -0.481 e. The minimum absolute atomic E-state index is 0.00819. The van der Waals surface area contributed by atoms with Crippen molar-refractivity contribution in [3.05, 3.63) is 22.4 Å². The molecule has 1 aromatic rings. The van der Waals surface area contributed by atoms with Crippen molar-refractivity contribution in [2.75, 3.05) is 7.05 Å². The van der Waals surface area contributed by atoms with Crippen LogP contribution in [0.15, 0.2) is 17.5 Å². The Hall–Kier alpha value is -1.36. The second kappa shape index (κ2) is 7.07. The molecular formula is C16H23NO3S. The van der Waals surface area contributed by atoms with Gasteiger partial charge in [-0.15, -0.1) is 11.3 Å². The van der Waals surface area contributed by atoms with Gasteiger partial charge in [-0.2, -0.15) is 0 Å². The van der Waals surface area contributed by atoms with E-state index in [4.69, 9.17) is 0 Å². The summed E-state index contributed by atoms with van der Waals surface area (Å²) in [5, 5.41) is 11.3. The molecule has 0 spiro atoms. The van der Waals surface area contributed by atoms with Gasteiger partial charge in [0.1, 0.15) is 0 Å². The van der Waals surface area contributed by atoms with Crippen LogP contribution in [0, 0.1) is 11.8 Å². The number of amides is 1. The summed E-state index contributed by atoms with van der Waals surface area (Å²) in [6, 6.07) is 4.17. The Balaban J connectivity index is 2.01. The highest BCUT2D eigenvalue weighted by atomic mass is 32.1. The standard InChI is InChI=1S/C16H23NO3S/c1-11(10-12-6-5-9-21-12)17(2)15(18)13-7-3-4-8-14(13)16(19)20/h5-6,9,11,13-14H,3-4,7-8,10H2,1-2H3,(H,19,20)/t11?,13-,14+/m1/s1. The van der Waals surface area contributed by atoms with E-state index in [1.54, 1.807) is 23.3 Å². The van der Waals surface area contributed by atoms with Gasteiger partial charge in [0.05, 0.1) is 11.8 Å². The van der Waals surface area contributed by atoms with Crippen LogP contribution in [0.3, 0.4) is 0 Å². The first-order chi connectivity index (χ1) is 10.0. The SMILES string of the molecule is CC(Cc1cccs1)N(C)C(=O)[C@@H]1CCCC[C@@H]1C(=O)O. The molecule has 1 saturated carbocycles. The van der Waals surface area contributed by atoms with Gasteiger partial charge in [-0.1, -0.05) is 18.9 Å². The van der Waals surface area contributed by atoms with Crippen LogP contribution in [0.25, 0.3) is 0 Å². The molecule has 3 atom stereocenters. The van der Waals surface area contributed by atoms with E-state index in [0.29, 0.717) is 12.8 Å². The van der Waals surface area contributed by atoms with Crippen molar-refractivity contribution in [2.24, 2.45) is 11.8 Å². The van der Waals surface area contributed by atoms with Gasteiger partial charge in [-0.3, -0.25) is 9.59 Å². The van der Waals surface area contributed by atoms with E-state index < -0.39 is 11.9 Å². The van der Waals surface area contributed by atoms with Crippen LogP contribution in [0.5, 0.6) is 0 Å². The first-order valence-corrected chi connectivity index (χ1v) is 8.40. The van der Waals surface area contributed by atoms with Crippen molar-refractivity contribution in [3.8, 4) is 0 Å². The predicted octanol–water partition coefficient (Wildman–Crippen LogP) is 3.03. The summed E-state index contributed by atoms with van der Waals surface area (Å²) in [5.41, 5.74) is 0. The van der Waals surface area contributed by atoms with Gasteiger partial charge in [-0.05, 0) is 31.2 Å². The Labute approximate surface area is 129 Å². The van der Waals surface area contributed by atoms with E-state index in [0.717, 1.165) is 19.3 Å². The van der Waals surface area contributed by atoms with Gasteiger partial charge >= 0.3 is 5.97 Å². The molecule has 0 radical (unpaired) electrons. The molecule has 1 N–H and O–H groups in total. The molecule has 1 aliphatic carbocycles. The summed E-state index contributed by atoms with van der Waals surface area (Å²) in [5.74, 6) is -1.70. The summed E-state index contributed by atoms with van der Waals surface area (Å²) >= 11 is 1.69. The van der Waals surface area contributed by atoms with Crippen molar-refractivity contribution >= 4 is 23.2 Å². The molecule has 1 aromatic heterocycles. The van der Waals surface area contributed by atoms with Crippen LogP contribution >= 0.6 is 11.3 Å². The lowest BCUT2D eigenvalue weighted by atomic mass is 9.78. The first-order valence-electron chi connectivity index (χ1n) is 7.52. The molecule has 1 unspecified atom stereocenters. The van der Waals surface area contributed by atoms with Crippen molar-refractivity contribution in [1.82, 2.24) is 4.90 Å². The Kier molecular flexibility index (Phi) is 5.39. The summed E-state index contributed by atoms with van der Waals surface area (Å²) in [6.07, 6.45) is 4.01. The fraction of sp³-hybridized carbons (Fsp3) is 0.625. The van der Waals surface area contributed by atoms with Crippen LogP contribution < -0.4 is 0 Å². The number of rotatable bonds is 5. The van der Waals surface area contributed by atoms with Gasteiger partial charge in [0.2, 0.25) is 5.91 Å². The molecule has 116 valence electrons. The molecule has 0 bridgehead atoms. The van der Waals surface area contributed by atoms with E-state index in [2.05, 4.69) is 6.07 Å². The lowest BCUT2D eigenvalue weighted by Crippen LogP contribution is -2.44. The molecule has 4 nitrogen and oxygen atoms in total.